The molecule has 0 atom stereocenters. The van der Waals surface area contributed by atoms with Crippen LogP contribution in [0.5, 0.6) is 0 Å². The first kappa shape index (κ1) is 22.0. The highest BCUT2D eigenvalue weighted by Gasteiger charge is 2.31. The van der Waals surface area contributed by atoms with Gasteiger partial charge in [-0.05, 0) is 30.2 Å². The number of nitrogens with one attached hydrogen (secondary N) is 1. The van der Waals surface area contributed by atoms with Gasteiger partial charge in [0.25, 0.3) is 5.91 Å². The second kappa shape index (κ2) is 9.88. The van der Waals surface area contributed by atoms with E-state index in [1.807, 2.05) is 12.1 Å². The van der Waals surface area contributed by atoms with Gasteiger partial charge in [0.1, 0.15) is 4.32 Å². The van der Waals surface area contributed by atoms with Crippen LogP contribution in [0.2, 0.25) is 5.02 Å². The summed E-state index contributed by atoms with van der Waals surface area (Å²) in [5.74, 6) is -1.96. The molecule has 0 unspecified atom stereocenters. The molecule has 0 spiro atoms. The molecule has 1 saturated heterocycles. The maximum atomic E-state index is 12.7. The molecule has 154 valence electrons. The molecule has 0 radical (unpaired) electrons. The van der Waals surface area contributed by atoms with Crippen molar-refractivity contribution in [1.82, 2.24) is 4.90 Å². The summed E-state index contributed by atoms with van der Waals surface area (Å²) in [6.07, 6.45) is 2.17. The van der Waals surface area contributed by atoms with E-state index in [1.54, 1.807) is 30.3 Å². The van der Waals surface area contributed by atoms with E-state index in [1.165, 1.54) is 28.8 Å². The zero-order valence-electron chi connectivity index (χ0n) is 15.6. The van der Waals surface area contributed by atoms with Crippen molar-refractivity contribution in [1.29, 1.82) is 0 Å². The Morgan fingerprint density at radius 3 is 2.60 bits per heavy atom. The third kappa shape index (κ3) is 5.27. The van der Waals surface area contributed by atoms with Gasteiger partial charge in [0.15, 0.2) is 0 Å². The summed E-state index contributed by atoms with van der Waals surface area (Å²) >= 11 is 12.6. The molecule has 1 aliphatic heterocycles. The zero-order chi connectivity index (χ0) is 21.7. The number of carboxylic acids is 1. The summed E-state index contributed by atoms with van der Waals surface area (Å²) in [5, 5.41) is 14.2. The number of anilines is 1. The second-order valence-corrected chi connectivity index (χ2v) is 8.42. The highest BCUT2D eigenvalue weighted by atomic mass is 35.5. The molecule has 2 aromatic carbocycles. The summed E-state index contributed by atoms with van der Waals surface area (Å²) in [4.78, 5) is 37.9. The number of carbonyl (C=O) groups excluding carboxylic acids is 3. The van der Waals surface area contributed by atoms with Crippen molar-refractivity contribution < 1.29 is 19.5 Å². The zero-order valence-corrected chi connectivity index (χ0v) is 18.0. The third-order valence-electron chi connectivity index (χ3n) is 4.27. The lowest BCUT2D eigenvalue weighted by molar-refractivity contribution is -0.254. The van der Waals surface area contributed by atoms with Gasteiger partial charge in [0.05, 0.1) is 10.9 Å². The van der Waals surface area contributed by atoms with Crippen LogP contribution in [0.15, 0.2) is 53.4 Å². The molecule has 1 fully saturated rings. The molecule has 0 saturated carbocycles. The SMILES string of the molecule is O=C(CCCN1C(=O)/C(=C/c2ccccc2Cl)SC1=S)Nc1ccccc1C(=O)[O-]. The molecule has 1 heterocycles. The lowest BCUT2D eigenvalue weighted by atomic mass is 10.1. The number of nitrogens with zero attached hydrogens (tertiary/aromatic N) is 1. The predicted octanol–water partition coefficient (Wildman–Crippen LogP) is 3.32. The Morgan fingerprint density at radius 2 is 1.87 bits per heavy atom. The number of aromatic carboxylic acids is 1. The van der Waals surface area contributed by atoms with Crippen LogP contribution in [0, 0.1) is 0 Å². The van der Waals surface area contributed by atoms with Crippen LogP contribution in [0.25, 0.3) is 6.08 Å². The molecule has 1 aliphatic rings. The number of thiocarbonyl (C=S) groups is 1. The maximum Gasteiger partial charge on any atom is 0.266 e. The van der Waals surface area contributed by atoms with Crippen molar-refractivity contribution in [3.05, 3.63) is 69.6 Å². The van der Waals surface area contributed by atoms with E-state index in [2.05, 4.69) is 5.32 Å². The van der Waals surface area contributed by atoms with E-state index < -0.39 is 5.97 Å². The summed E-state index contributed by atoms with van der Waals surface area (Å²) in [7, 11) is 0. The maximum absolute atomic E-state index is 12.7. The summed E-state index contributed by atoms with van der Waals surface area (Å²) < 4.78 is 0.418. The molecule has 3 rings (SSSR count). The fourth-order valence-corrected chi connectivity index (χ4v) is 4.30. The number of halogens is 1. The molecule has 2 amide bonds. The number of carbonyl (C=O) groups is 3. The summed E-state index contributed by atoms with van der Waals surface area (Å²) in [5.41, 5.74) is 0.814. The Bertz CT molecular complexity index is 1050. The molecule has 0 bridgehead atoms. The number of para-hydroxylation sites is 1. The molecular weight excluding hydrogens is 444 g/mol. The molecule has 9 heteroatoms. The second-order valence-electron chi connectivity index (χ2n) is 6.34. The van der Waals surface area contributed by atoms with Gasteiger partial charge in [-0.3, -0.25) is 14.5 Å². The van der Waals surface area contributed by atoms with Crippen molar-refractivity contribution in [3.8, 4) is 0 Å². The van der Waals surface area contributed by atoms with Gasteiger partial charge in [-0.25, -0.2) is 0 Å². The number of rotatable bonds is 7. The van der Waals surface area contributed by atoms with Crippen LogP contribution >= 0.6 is 35.6 Å². The van der Waals surface area contributed by atoms with Crippen molar-refractivity contribution in [2.24, 2.45) is 0 Å². The molecule has 0 aromatic heterocycles. The van der Waals surface area contributed by atoms with Crippen molar-refractivity contribution in [2.45, 2.75) is 12.8 Å². The van der Waals surface area contributed by atoms with E-state index >= 15 is 0 Å². The Hall–Kier alpha value is -2.68. The van der Waals surface area contributed by atoms with Crippen LogP contribution in [0.3, 0.4) is 0 Å². The minimum Gasteiger partial charge on any atom is -0.545 e. The first-order chi connectivity index (χ1) is 14.4. The quantitative estimate of drug-likeness (QED) is 0.504. The van der Waals surface area contributed by atoms with E-state index in [9.17, 15) is 19.5 Å². The number of hydrogen-bond acceptors (Lipinski definition) is 6. The van der Waals surface area contributed by atoms with Crippen LogP contribution in [-0.4, -0.2) is 33.5 Å². The lowest BCUT2D eigenvalue weighted by Crippen LogP contribution is -2.30. The highest BCUT2D eigenvalue weighted by molar-refractivity contribution is 8.26. The van der Waals surface area contributed by atoms with E-state index in [4.69, 9.17) is 23.8 Å². The number of amides is 2. The van der Waals surface area contributed by atoms with Crippen LogP contribution in [-0.2, 0) is 9.59 Å². The lowest BCUT2D eigenvalue weighted by Gasteiger charge is -2.15. The molecule has 2 aromatic rings. The Labute approximate surface area is 187 Å². The first-order valence-electron chi connectivity index (χ1n) is 8.97. The minimum absolute atomic E-state index is 0.0903. The number of benzene rings is 2. The van der Waals surface area contributed by atoms with E-state index in [-0.39, 0.29) is 36.0 Å². The fraction of sp³-hybridized carbons (Fsp3) is 0.143. The molecule has 6 nitrogen and oxygen atoms in total. The fourth-order valence-electron chi connectivity index (χ4n) is 2.81. The van der Waals surface area contributed by atoms with Gasteiger partial charge in [-0.2, -0.15) is 0 Å². The average Bonchev–Trinajstić information content (AvgIpc) is 2.97. The van der Waals surface area contributed by atoms with Gasteiger partial charge < -0.3 is 15.2 Å². The standard InChI is InChI=1S/C21H17ClN2O4S2/c22-15-8-3-1-6-13(15)12-17-19(26)24(21(29)30-17)11-5-10-18(25)23-16-9-4-2-7-14(16)20(27)28/h1-4,6-9,12H,5,10-11H2,(H,23,25)(H,27,28)/p-1/b17-12-. The molecule has 1 N–H and O–H groups in total. The smallest absolute Gasteiger partial charge is 0.266 e. The van der Waals surface area contributed by atoms with Crippen LogP contribution < -0.4 is 10.4 Å². The van der Waals surface area contributed by atoms with Crippen molar-refractivity contribution in [3.63, 3.8) is 0 Å². The van der Waals surface area contributed by atoms with E-state index in [0.717, 1.165) is 5.56 Å². The third-order valence-corrected chi connectivity index (χ3v) is 5.99. The van der Waals surface area contributed by atoms with E-state index in [0.29, 0.717) is 20.7 Å². The molecular formula is C21H16ClN2O4S2-. The first-order valence-corrected chi connectivity index (χ1v) is 10.6. The monoisotopic (exact) mass is 459 g/mol. The van der Waals surface area contributed by atoms with Crippen molar-refractivity contribution >= 4 is 69.4 Å². The van der Waals surface area contributed by atoms with Crippen molar-refractivity contribution in [2.75, 3.05) is 11.9 Å². The average molecular weight is 460 g/mol. The topological polar surface area (TPSA) is 89.5 Å². The van der Waals surface area contributed by atoms with Crippen LogP contribution in [0.4, 0.5) is 5.69 Å². The normalized spacial score (nSPS) is 15.0. The number of thioether (sulfide) groups is 1. The predicted molar refractivity (Wildman–Crippen MR) is 120 cm³/mol. The van der Waals surface area contributed by atoms with Gasteiger partial charge in [-0.1, -0.05) is 72.0 Å². The Balaban J connectivity index is 1.57. The number of hydrogen-bond donors (Lipinski definition) is 1. The number of carboxylic acid groups (broad SMARTS) is 1. The molecule has 0 aliphatic carbocycles. The van der Waals surface area contributed by atoms with Gasteiger partial charge in [0.2, 0.25) is 5.91 Å². The van der Waals surface area contributed by atoms with Gasteiger partial charge >= 0.3 is 0 Å². The summed E-state index contributed by atoms with van der Waals surface area (Å²) in [6, 6.07) is 13.2. The Morgan fingerprint density at radius 1 is 1.17 bits per heavy atom. The van der Waals surface area contributed by atoms with Crippen LogP contribution in [0.1, 0.15) is 28.8 Å². The largest absolute Gasteiger partial charge is 0.545 e. The summed E-state index contributed by atoms with van der Waals surface area (Å²) in [6.45, 7) is 0.278. The molecule has 30 heavy (non-hydrogen) atoms. The van der Waals surface area contributed by atoms with Gasteiger partial charge in [0, 0.05) is 29.2 Å². The minimum atomic E-state index is -1.37. The Kier molecular flexibility index (Phi) is 7.25. The highest BCUT2D eigenvalue weighted by Crippen LogP contribution is 2.33. The van der Waals surface area contributed by atoms with Gasteiger partial charge in [-0.15, -0.1) is 0 Å².